The van der Waals surface area contributed by atoms with Gasteiger partial charge < -0.3 is 4.90 Å². The van der Waals surface area contributed by atoms with Crippen LogP contribution in [0.15, 0.2) is 16.6 Å². The normalized spacial score (nSPS) is 24.9. The third-order valence-electron chi connectivity index (χ3n) is 7.27. The van der Waals surface area contributed by atoms with E-state index in [1.54, 1.807) is 0 Å². The summed E-state index contributed by atoms with van der Waals surface area (Å²) in [4.78, 5) is 14.9. The van der Waals surface area contributed by atoms with E-state index in [2.05, 4.69) is 15.9 Å². The van der Waals surface area contributed by atoms with Crippen molar-refractivity contribution in [1.29, 1.82) is 0 Å². The molecule has 1 amide bonds. The molecule has 2 atom stereocenters. The van der Waals surface area contributed by atoms with Gasteiger partial charge in [0.25, 0.3) is 0 Å². The quantitative estimate of drug-likeness (QED) is 0.379. The number of halogens is 8. The van der Waals surface area contributed by atoms with Crippen molar-refractivity contribution in [2.24, 2.45) is 5.92 Å². The molecule has 2 unspecified atom stereocenters. The predicted molar refractivity (Wildman–Crippen MR) is 107 cm³/mol. The highest BCUT2D eigenvalue weighted by atomic mass is 79.9. The molecule has 0 N–H and O–H groups in total. The molecule has 1 heterocycles. The first-order chi connectivity index (χ1) is 14.9. The van der Waals surface area contributed by atoms with Crippen molar-refractivity contribution >= 4 is 21.8 Å². The van der Waals surface area contributed by atoms with Crippen molar-refractivity contribution in [1.82, 2.24) is 4.90 Å². The Balaban J connectivity index is 1.66. The fourth-order valence-corrected chi connectivity index (χ4v) is 6.29. The second kappa shape index (κ2) is 8.17. The van der Waals surface area contributed by atoms with E-state index in [1.807, 2.05) is 4.90 Å². The highest BCUT2D eigenvalue weighted by Crippen LogP contribution is 2.56. The van der Waals surface area contributed by atoms with E-state index in [1.165, 1.54) is 6.07 Å². The van der Waals surface area contributed by atoms with E-state index in [-0.39, 0.29) is 35.8 Å². The third kappa shape index (κ3) is 3.74. The maximum Gasteiger partial charge on any atom is 0.435 e. The first-order valence-electron chi connectivity index (χ1n) is 10.8. The van der Waals surface area contributed by atoms with Crippen LogP contribution in [0.5, 0.6) is 0 Å². The second-order valence-corrected chi connectivity index (χ2v) is 9.91. The number of likely N-dealkylation sites (tertiary alicyclic amines) is 1. The number of carbonyl (C=O) groups excluding carboxylic acids is 1. The molecule has 0 aromatic heterocycles. The van der Waals surface area contributed by atoms with Crippen LogP contribution < -0.4 is 0 Å². The van der Waals surface area contributed by atoms with Crippen molar-refractivity contribution in [3.8, 4) is 0 Å². The molecule has 2 aliphatic carbocycles. The number of hydrogen-bond donors (Lipinski definition) is 0. The van der Waals surface area contributed by atoms with E-state index in [0.717, 1.165) is 32.1 Å². The number of aryl methyl sites for hydroxylation is 1. The zero-order chi connectivity index (χ0) is 23.5. The number of alkyl halides is 7. The van der Waals surface area contributed by atoms with Gasteiger partial charge in [0.15, 0.2) is 0 Å². The van der Waals surface area contributed by atoms with Crippen molar-refractivity contribution in [3.63, 3.8) is 0 Å². The second-order valence-electron chi connectivity index (χ2n) is 9.05. The van der Waals surface area contributed by atoms with Gasteiger partial charge in [0.1, 0.15) is 0 Å². The van der Waals surface area contributed by atoms with E-state index in [4.69, 9.17) is 0 Å². The molecule has 1 aromatic rings. The van der Waals surface area contributed by atoms with Crippen molar-refractivity contribution in [2.45, 2.75) is 81.3 Å². The largest absolute Gasteiger partial charge is 0.435 e. The maximum atomic E-state index is 14.7. The van der Waals surface area contributed by atoms with Gasteiger partial charge in [-0.2, -0.15) is 26.3 Å². The molecule has 1 saturated heterocycles. The molecule has 0 radical (unpaired) electrons. The van der Waals surface area contributed by atoms with Crippen LogP contribution in [0.1, 0.15) is 67.6 Å². The lowest BCUT2D eigenvalue weighted by Gasteiger charge is -2.37. The van der Waals surface area contributed by atoms with Crippen LogP contribution in [0.3, 0.4) is 0 Å². The van der Waals surface area contributed by atoms with Gasteiger partial charge in [0.2, 0.25) is 5.91 Å². The Morgan fingerprint density at radius 3 is 2.12 bits per heavy atom. The average molecular weight is 530 g/mol. The van der Waals surface area contributed by atoms with Gasteiger partial charge in [0, 0.05) is 34.5 Å². The van der Waals surface area contributed by atoms with Gasteiger partial charge in [-0.05, 0) is 49.3 Å². The van der Waals surface area contributed by atoms with E-state index in [0.29, 0.717) is 31.0 Å². The zero-order valence-corrected chi connectivity index (χ0v) is 18.7. The lowest BCUT2D eigenvalue weighted by atomic mass is 9.77. The first kappa shape index (κ1) is 23.8. The molecule has 1 aromatic carbocycles. The SMILES string of the molecule is O=C(C1CCCCC1)N1CCC2c3cc(Br)c(C(F)(C(F)(F)F)C(F)(F)F)cc3CCC21. The number of hydrogen-bond acceptors (Lipinski definition) is 1. The van der Waals surface area contributed by atoms with E-state index >= 15 is 0 Å². The van der Waals surface area contributed by atoms with Gasteiger partial charge >= 0.3 is 18.0 Å². The Kier molecular flexibility index (Phi) is 6.08. The van der Waals surface area contributed by atoms with Crippen molar-refractivity contribution in [3.05, 3.63) is 33.3 Å². The Labute approximate surface area is 189 Å². The Bertz CT molecular complexity index is 877. The number of benzene rings is 1. The third-order valence-corrected chi connectivity index (χ3v) is 7.93. The van der Waals surface area contributed by atoms with E-state index < -0.39 is 28.1 Å². The summed E-state index contributed by atoms with van der Waals surface area (Å²) in [6.45, 7) is 0.516. The molecular weight excluding hydrogens is 507 g/mol. The molecule has 10 heteroatoms. The fourth-order valence-electron chi connectivity index (χ4n) is 5.66. The number of rotatable bonds is 2. The van der Waals surface area contributed by atoms with Crippen LogP contribution in [0, 0.1) is 5.92 Å². The molecule has 2 fully saturated rings. The molecule has 3 aliphatic rings. The van der Waals surface area contributed by atoms with Crippen LogP contribution in [-0.4, -0.2) is 35.7 Å². The van der Waals surface area contributed by atoms with Crippen LogP contribution in [0.2, 0.25) is 0 Å². The summed E-state index contributed by atoms with van der Waals surface area (Å²) in [5, 5.41) is 0. The summed E-state index contributed by atoms with van der Waals surface area (Å²) in [6.07, 6.45) is -6.25. The summed E-state index contributed by atoms with van der Waals surface area (Å²) >= 11 is 2.78. The van der Waals surface area contributed by atoms with Crippen LogP contribution in [-0.2, 0) is 16.9 Å². The standard InChI is InChI=1S/C22H23BrF7NO/c23-17-11-15-13(10-16(17)20(24,21(25,26)27)22(28,29)30)6-7-18-14(15)8-9-31(18)19(32)12-4-2-1-3-5-12/h10-12,14,18H,1-9H2. The smallest absolute Gasteiger partial charge is 0.339 e. The molecule has 1 saturated carbocycles. The lowest BCUT2D eigenvalue weighted by molar-refractivity contribution is -0.348. The molecule has 4 rings (SSSR count). The van der Waals surface area contributed by atoms with Gasteiger partial charge in [-0.1, -0.05) is 41.3 Å². The van der Waals surface area contributed by atoms with Crippen LogP contribution in [0.25, 0.3) is 0 Å². The minimum absolute atomic E-state index is 0.0104. The topological polar surface area (TPSA) is 20.3 Å². The summed E-state index contributed by atoms with van der Waals surface area (Å²) in [5.74, 6) is -0.0839. The van der Waals surface area contributed by atoms with E-state index in [9.17, 15) is 35.5 Å². The average Bonchev–Trinajstić information content (AvgIpc) is 3.16. The van der Waals surface area contributed by atoms with Gasteiger partial charge in [-0.3, -0.25) is 4.79 Å². The predicted octanol–water partition coefficient (Wildman–Crippen LogP) is 6.95. The first-order valence-corrected chi connectivity index (χ1v) is 11.6. The molecule has 0 spiro atoms. The number of fused-ring (bicyclic) bond motifs is 3. The molecule has 32 heavy (non-hydrogen) atoms. The Morgan fingerprint density at radius 2 is 1.53 bits per heavy atom. The minimum atomic E-state index is -6.16. The summed E-state index contributed by atoms with van der Waals surface area (Å²) in [5.41, 5.74) is -6.05. The van der Waals surface area contributed by atoms with Gasteiger partial charge in [0.05, 0.1) is 0 Å². The van der Waals surface area contributed by atoms with Gasteiger partial charge in [-0.25, -0.2) is 4.39 Å². The minimum Gasteiger partial charge on any atom is -0.339 e. The van der Waals surface area contributed by atoms with Gasteiger partial charge in [-0.15, -0.1) is 0 Å². The number of nitrogens with zero attached hydrogens (tertiary/aromatic N) is 1. The molecule has 0 bridgehead atoms. The summed E-state index contributed by atoms with van der Waals surface area (Å²) in [6, 6.07) is 1.78. The monoisotopic (exact) mass is 529 g/mol. The molecular formula is C22H23BrF7NO. The molecule has 1 aliphatic heterocycles. The maximum absolute atomic E-state index is 14.7. The van der Waals surface area contributed by atoms with Crippen LogP contribution in [0.4, 0.5) is 30.7 Å². The number of carbonyl (C=O) groups is 1. The lowest BCUT2D eigenvalue weighted by Crippen LogP contribution is -2.50. The highest BCUT2D eigenvalue weighted by molar-refractivity contribution is 9.10. The molecule has 178 valence electrons. The fraction of sp³-hybridized carbons (Fsp3) is 0.682. The Morgan fingerprint density at radius 1 is 0.906 bits per heavy atom. The van der Waals surface area contributed by atoms with Crippen molar-refractivity contribution < 1.29 is 35.5 Å². The van der Waals surface area contributed by atoms with Crippen molar-refractivity contribution in [2.75, 3.05) is 6.54 Å². The summed E-state index contributed by atoms with van der Waals surface area (Å²) < 4.78 is 93.7. The Hall–Kier alpha value is -1.32. The molecule has 2 nitrogen and oxygen atoms in total. The number of amides is 1. The zero-order valence-electron chi connectivity index (χ0n) is 17.1. The summed E-state index contributed by atoms with van der Waals surface area (Å²) in [7, 11) is 0. The van der Waals surface area contributed by atoms with Crippen LogP contribution >= 0.6 is 15.9 Å². The highest BCUT2D eigenvalue weighted by Gasteiger charge is 2.74.